The highest BCUT2D eigenvalue weighted by atomic mass is 32.2. The molecule has 2 atom stereocenters. The van der Waals surface area contributed by atoms with Gasteiger partial charge in [-0.3, -0.25) is 4.79 Å². The number of esters is 1. The number of carbonyl (C=O) groups is 2. The molecule has 1 aliphatic heterocycles. The lowest BCUT2D eigenvalue weighted by molar-refractivity contribution is -0.141. The van der Waals surface area contributed by atoms with E-state index < -0.39 is 5.97 Å². The largest absolute Gasteiger partial charge is 0.465 e. The number of hydrogen-bond donors (Lipinski definition) is 1. The first kappa shape index (κ1) is 17.1. The summed E-state index contributed by atoms with van der Waals surface area (Å²) in [6.45, 7) is 3.90. The Kier molecular flexibility index (Phi) is 5.27. The van der Waals surface area contributed by atoms with E-state index in [1.165, 1.54) is 6.42 Å². The Labute approximate surface area is 145 Å². The van der Waals surface area contributed by atoms with Gasteiger partial charge in [0.2, 0.25) is 5.16 Å². The second-order valence-electron chi connectivity index (χ2n) is 5.88. The van der Waals surface area contributed by atoms with Crippen molar-refractivity contribution < 1.29 is 14.3 Å². The molecule has 3 rings (SSSR count). The van der Waals surface area contributed by atoms with Crippen LogP contribution in [0.15, 0.2) is 5.16 Å². The molecule has 0 saturated heterocycles. The number of hydrogen-bond acceptors (Lipinski definition) is 6. The lowest BCUT2D eigenvalue weighted by Crippen LogP contribution is -2.60. The second-order valence-corrected chi connectivity index (χ2v) is 7.09. The van der Waals surface area contributed by atoms with Gasteiger partial charge in [0.1, 0.15) is 6.54 Å². The molecule has 1 aromatic heterocycles. The highest BCUT2D eigenvalue weighted by Crippen LogP contribution is 2.39. The fourth-order valence-electron chi connectivity index (χ4n) is 3.27. The summed E-state index contributed by atoms with van der Waals surface area (Å²) in [6, 6.07) is -0.198. The average Bonchev–Trinajstić information content (AvgIpc) is 3.00. The molecule has 9 heteroatoms. The number of rotatable bonds is 4. The van der Waals surface area contributed by atoms with Crippen LogP contribution in [0.3, 0.4) is 0 Å². The van der Waals surface area contributed by atoms with E-state index in [2.05, 4.69) is 15.5 Å². The molecule has 2 aliphatic rings. The van der Waals surface area contributed by atoms with Crippen molar-refractivity contribution in [2.75, 3.05) is 18.2 Å². The number of aromatic nitrogens is 3. The molecule has 0 aromatic carbocycles. The van der Waals surface area contributed by atoms with E-state index in [1.54, 1.807) is 23.7 Å². The van der Waals surface area contributed by atoms with Crippen molar-refractivity contribution in [1.29, 1.82) is 0 Å². The van der Waals surface area contributed by atoms with Crippen LogP contribution >= 0.6 is 11.8 Å². The third-order valence-corrected chi connectivity index (χ3v) is 5.66. The standard InChI is InChI=1S/C15H23N5O3S/c1-3-12-17-18-15-20(12)19(10-7-5-6-8-11(10)24-15)14(22)16-9-13(21)23-4-2/h10-11H,3-9H2,1-2H3,(H,16,22). The Morgan fingerprint density at radius 1 is 1.29 bits per heavy atom. The first-order chi connectivity index (χ1) is 11.7. The average molecular weight is 353 g/mol. The van der Waals surface area contributed by atoms with Gasteiger partial charge in [0.15, 0.2) is 5.82 Å². The van der Waals surface area contributed by atoms with Crippen molar-refractivity contribution in [2.24, 2.45) is 0 Å². The maximum atomic E-state index is 12.8. The van der Waals surface area contributed by atoms with E-state index in [9.17, 15) is 9.59 Å². The molecule has 8 nitrogen and oxygen atoms in total. The molecule has 1 aromatic rings. The number of nitrogens with one attached hydrogen (secondary N) is 1. The molecule has 2 heterocycles. The van der Waals surface area contributed by atoms with Crippen molar-refractivity contribution in [3.05, 3.63) is 5.82 Å². The summed E-state index contributed by atoms with van der Waals surface area (Å²) in [6.07, 6.45) is 4.96. The SMILES string of the molecule is CCOC(=O)CNC(=O)N1C2CCCCC2Sc2nnc(CC)n21. The fourth-order valence-corrected chi connectivity index (χ4v) is 4.61. The maximum Gasteiger partial charge on any atom is 0.337 e. The maximum absolute atomic E-state index is 12.8. The number of urea groups is 1. The number of nitrogens with zero attached hydrogens (tertiary/aromatic N) is 4. The predicted octanol–water partition coefficient (Wildman–Crippen LogP) is 1.47. The Morgan fingerprint density at radius 2 is 2.08 bits per heavy atom. The monoisotopic (exact) mass is 353 g/mol. The highest BCUT2D eigenvalue weighted by molar-refractivity contribution is 7.99. The zero-order valence-electron chi connectivity index (χ0n) is 14.0. The van der Waals surface area contributed by atoms with Gasteiger partial charge in [-0.05, 0) is 19.8 Å². The van der Waals surface area contributed by atoms with E-state index in [0.717, 1.165) is 30.2 Å². The Hall–Kier alpha value is -1.77. The van der Waals surface area contributed by atoms with Crippen molar-refractivity contribution in [3.8, 4) is 0 Å². The lowest BCUT2D eigenvalue weighted by Gasteiger charge is -2.43. The number of amides is 2. The number of aryl methyl sites for hydroxylation is 1. The molecule has 0 bridgehead atoms. The van der Waals surface area contributed by atoms with Crippen molar-refractivity contribution in [3.63, 3.8) is 0 Å². The number of ether oxygens (including phenoxy) is 1. The summed E-state index contributed by atoms with van der Waals surface area (Å²) in [4.78, 5) is 24.4. The smallest absolute Gasteiger partial charge is 0.337 e. The molecule has 24 heavy (non-hydrogen) atoms. The Bertz CT molecular complexity index is 620. The third kappa shape index (κ3) is 3.22. The van der Waals surface area contributed by atoms with E-state index in [-0.39, 0.29) is 18.6 Å². The molecule has 1 fully saturated rings. The van der Waals surface area contributed by atoms with Crippen LogP contribution in [-0.4, -0.2) is 51.3 Å². The predicted molar refractivity (Wildman–Crippen MR) is 89.5 cm³/mol. The molecule has 1 saturated carbocycles. The van der Waals surface area contributed by atoms with Gasteiger partial charge < -0.3 is 10.1 Å². The minimum atomic E-state index is -0.433. The van der Waals surface area contributed by atoms with Gasteiger partial charge in [-0.25, -0.2) is 14.5 Å². The Balaban J connectivity index is 1.83. The zero-order valence-corrected chi connectivity index (χ0v) is 14.8. The van der Waals surface area contributed by atoms with Gasteiger partial charge in [-0.15, -0.1) is 10.2 Å². The molecule has 0 spiro atoms. The minimum Gasteiger partial charge on any atom is -0.465 e. The summed E-state index contributed by atoms with van der Waals surface area (Å²) in [7, 11) is 0. The first-order valence-corrected chi connectivity index (χ1v) is 9.37. The summed E-state index contributed by atoms with van der Waals surface area (Å²) >= 11 is 1.71. The molecule has 2 unspecified atom stereocenters. The van der Waals surface area contributed by atoms with Gasteiger partial charge in [0.05, 0.1) is 12.6 Å². The summed E-state index contributed by atoms with van der Waals surface area (Å²) in [5, 5.41) is 13.9. The normalized spacial score (nSPS) is 22.5. The summed E-state index contributed by atoms with van der Waals surface area (Å²) in [5.41, 5.74) is 0. The van der Waals surface area contributed by atoms with Gasteiger partial charge in [0.25, 0.3) is 0 Å². The third-order valence-electron chi connectivity index (χ3n) is 4.34. The van der Waals surface area contributed by atoms with Crippen LogP contribution in [0.4, 0.5) is 4.79 Å². The summed E-state index contributed by atoms with van der Waals surface area (Å²) < 4.78 is 6.69. The summed E-state index contributed by atoms with van der Waals surface area (Å²) in [5.74, 6) is 0.324. The van der Waals surface area contributed by atoms with Crippen LogP contribution in [0.5, 0.6) is 0 Å². The van der Waals surface area contributed by atoms with Crippen molar-refractivity contribution in [2.45, 2.75) is 62.4 Å². The van der Waals surface area contributed by atoms with E-state index in [1.807, 2.05) is 11.6 Å². The van der Waals surface area contributed by atoms with Crippen LogP contribution < -0.4 is 10.3 Å². The topological polar surface area (TPSA) is 89.3 Å². The molecular formula is C15H23N5O3S. The zero-order chi connectivity index (χ0) is 17.1. The lowest BCUT2D eigenvalue weighted by atomic mass is 9.94. The number of thioether (sulfide) groups is 1. The van der Waals surface area contributed by atoms with Crippen LogP contribution in [0.1, 0.15) is 45.4 Å². The van der Waals surface area contributed by atoms with Crippen LogP contribution in [0.25, 0.3) is 0 Å². The number of fused-ring (bicyclic) bond motifs is 2. The van der Waals surface area contributed by atoms with E-state index in [4.69, 9.17) is 4.74 Å². The van der Waals surface area contributed by atoms with Crippen LogP contribution in [-0.2, 0) is 16.0 Å². The van der Waals surface area contributed by atoms with Crippen LogP contribution in [0, 0.1) is 0 Å². The van der Waals surface area contributed by atoms with Crippen molar-refractivity contribution >= 4 is 23.8 Å². The molecule has 2 amide bonds. The molecular weight excluding hydrogens is 330 g/mol. The minimum absolute atomic E-state index is 0.0970. The van der Waals surface area contributed by atoms with Crippen LogP contribution in [0.2, 0.25) is 0 Å². The Morgan fingerprint density at radius 3 is 2.83 bits per heavy atom. The highest BCUT2D eigenvalue weighted by Gasteiger charge is 2.42. The second kappa shape index (κ2) is 7.42. The molecule has 1 aliphatic carbocycles. The van der Waals surface area contributed by atoms with Gasteiger partial charge in [-0.1, -0.05) is 31.5 Å². The van der Waals surface area contributed by atoms with Gasteiger partial charge in [0, 0.05) is 11.7 Å². The first-order valence-electron chi connectivity index (χ1n) is 8.49. The number of carbonyl (C=O) groups excluding carboxylic acids is 2. The fraction of sp³-hybridized carbons (Fsp3) is 0.733. The van der Waals surface area contributed by atoms with Crippen molar-refractivity contribution in [1.82, 2.24) is 20.2 Å². The van der Waals surface area contributed by atoms with E-state index >= 15 is 0 Å². The quantitative estimate of drug-likeness (QED) is 0.825. The van der Waals surface area contributed by atoms with Gasteiger partial charge in [-0.2, -0.15) is 0 Å². The van der Waals surface area contributed by atoms with E-state index in [0.29, 0.717) is 18.3 Å². The molecule has 1 N–H and O–H groups in total. The molecule has 0 radical (unpaired) electrons. The molecule has 132 valence electrons. The van der Waals surface area contributed by atoms with Gasteiger partial charge >= 0.3 is 12.0 Å².